The Bertz CT molecular complexity index is 1300. The minimum Gasteiger partial charge on any atom is -0.366 e. The van der Waals surface area contributed by atoms with Crippen LogP contribution in [0.15, 0.2) is 65.8 Å². The van der Waals surface area contributed by atoms with Crippen LogP contribution in [0.4, 0.5) is 5.69 Å². The largest absolute Gasteiger partial charge is 0.366 e. The van der Waals surface area contributed by atoms with Gasteiger partial charge < -0.3 is 21.5 Å². The normalized spacial score (nSPS) is 16.1. The van der Waals surface area contributed by atoms with E-state index in [-0.39, 0.29) is 11.4 Å². The summed E-state index contributed by atoms with van der Waals surface area (Å²) in [4.78, 5) is 15.9. The summed E-state index contributed by atoms with van der Waals surface area (Å²) in [6, 6.07) is 20.0. The predicted octanol–water partition coefficient (Wildman–Crippen LogP) is 3.71. The van der Waals surface area contributed by atoms with Crippen LogP contribution in [-0.2, 0) is 18.5 Å². The Morgan fingerprint density at radius 3 is 2.57 bits per heavy atom. The Kier molecular flexibility index (Phi) is 6.13. The highest BCUT2D eigenvalue weighted by Crippen LogP contribution is 2.46. The number of halogens is 1. The molecule has 2 aliphatic rings. The molecule has 3 aromatic carbocycles. The molecule has 1 fully saturated rings. The number of para-hydroxylation sites is 1. The molecule has 8 heteroatoms. The topological polar surface area (TPSA) is 109 Å². The lowest BCUT2D eigenvalue weighted by molar-refractivity contribution is 0.0931. The standard InChI is InChI=1S/C27H29ClN6O/c1-17-5-6-18(15-23(17)28)16-34-14-11-19-3-2-4-22(24(19)34)26(35)31-27(12-13-27)21-9-7-20(8-10-21)25(32-29)33-30/h2-10,15H,11-14,16,29-30H2,1H3,(H,31,35)(H,32,33). The maximum atomic E-state index is 13.6. The van der Waals surface area contributed by atoms with Gasteiger partial charge in [0.15, 0.2) is 5.84 Å². The Balaban J connectivity index is 1.37. The lowest BCUT2D eigenvalue weighted by Gasteiger charge is -2.24. The van der Waals surface area contributed by atoms with Gasteiger partial charge in [-0.1, -0.05) is 60.1 Å². The fourth-order valence-corrected chi connectivity index (χ4v) is 5.07. The molecule has 0 bridgehead atoms. The van der Waals surface area contributed by atoms with Crippen molar-refractivity contribution >= 4 is 29.0 Å². The van der Waals surface area contributed by atoms with Crippen LogP contribution in [0.25, 0.3) is 0 Å². The number of nitrogens with two attached hydrogens (primary N) is 2. The van der Waals surface area contributed by atoms with Gasteiger partial charge in [-0.2, -0.15) is 5.10 Å². The van der Waals surface area contributed by atoms with Crippen molar-refractivity contribution in [3.8, 4) is 0 Å². The fraction of sp³-hybridized carbons (Fsp3) is 0.259. The molecule has 35 heavy (non-hydrogen) atoms. The number of hydrogen-bond donors (Lipinski definition) is 4. The first-order valence-corrected chi connectivity index (χ1v) is 12.1. The summed E-state index contributed by atoms with van der Waals surface area (Å²) in [6.45, 7) is 3.59. The zero-order chi connectivity index (χ0) is 24.6. The molecule has 0 aromatic heterocycles. The molecule has 1 heterocycles. The number of carbonyl (C=O) groups excluding carboxylic acids is 1. The van der Waals surface area contributed by atoms with E-state index in [0.717, 1.165) is 58.8 Å². The molecule has 1 aliphatic carbocycles. The first-order chi connectivity index (χ1) is 16.9. The van der Waals surface area contributed by atoms with Crippen LogP contribution in [0.3, 0.4) is 0 Å². The van der Waals surface area contributed by atoms with E-state index in [1.807, 2.05) is 55.5 Å². The van der Waals surface area contributed by atoms with Crippen LogP contribution >= 0.6 is 11.6 Å². The van der Waals surface area contributed by atoms with Gasteiger partial charge in [0, 0.05) is 23.7 Å². The van der Waals surface area contributed by atoms with E-state index in [1.165, 1.54) is 5.56 Å². The van der Waals surface area contributed by atoms with Gasteiger partial charge >= 0.3 is 0 Å². The average Bonchev–Trinajstić information content (AvgIpc) is 3.54. The smallest absolute Gasteiger partial charge is 0.254 e. The van der Waals surface area contributed by atoms with Crippen molar-refractivity contribution in [2.24, 2.45) is 16.8 Å². The molecule has 6 N–H and O–H groups in total. The number of hydrazine groups is 1. The summed E-state index contributed by atoms with van der Waals surface area (Å²) in [7, 11) is 0. The van der Waals surface area contributed by atoms with Gasteiger partial charge in [-0.15, -0.1) is 0 Å². The van der Waals surface area contributed by atoms with E-state index < -0.39 is 0 Å². The summed E-state index contributed by atoms with van der Waals surface area (Å²) >= 11 is 6.36. The third kappa shape index (κ3) is 4.45. The molecule has 0 radical (unpaired) electrons. The first kappa shape index (κ1) is 23.2. The van der Waals surface area contributed by atoms with Crippen LogP contribution in [0.1, 0.15) is 51.0 Å². The summed E-state index contributed by atoms with van der Waals surface area (Å²) in [5, 5.41) is 7.74. The quantitative estimate of drug-likeness (QED) is 0.183. The maximum Gasteiger partial charge on any atom is 0.254 e. The highest BCUT2D eigenvalue weighted by molar-refractivity contribution is 6.31. The van der Waals surface area contributed by atoms with E-state index in [9.17, 15) is 4.79 Å². The number of carbonyl (C=O) groups is 1. The summed E-state index contributed by atoms with van der Waals surface area (Å²) < 4.78 is 0. The second kappa shape index (κ2) is 9.24. The second-order valence-electron chi connectivity index (χ2n) is 9.30. The number of benzene rings is 3. The molecule has 0 saturated heterocycles. The van der Waals surface area contributed by atoms with Crippen LogP contribution in [0.2, 0.25) is 5.02 Å². The molecule has 180 valence electrons. The fourth-order valence-electron chi connectivity index (χ4n) is 4.87. The van der Waals surface area contributed by atoms with Gasteiger partial charge in [-0.05, 0) is 60.6 Å². The van der Waals surface area contributed by atoms with E-state index in [0.29, 0.717) is 17.9 Å². The molecule has 0 atom stereocenters. The van der Waals surface area contributed by atoms with Gasteiger partial charge in [-0.25, -0.2) is 5.84 Å². The van der Waals surface area contributed by atoms with E-state index in [1.54, 1.807) is 0 Å². The zero-order valence-corrected chi connectivity index (χ0v) is 20.4. The second-order valence-corrected chi connectivity index (χ2v) is 9.71. The summed E-state index contributed by atoms with van der Waals surface area (Å²) in [5.74, 6) is 11.2. The lowest BCUT2D eigenvalue weighted by atomic mass is 10.0. The minimum absolute atomic E-state index is 0.0508. The van der Waals surface area contributed by atoms with Crippen molar-refractivity contribution in [2.45, 2.75) is 38.3 Å². The van der Waals surface area contributed by atoms with Gasteiger partial charge in [0.2, 0.25) is 0 Å². The molecule has 3 aromatic rings. The molecule has 0 unspecified atom stereocenters. The maximum absolute atomic E-state index is 13.6. The van der Waals surface area contributed by atoms with E-state index in [4.69, 9.17) is 23.3 Å². The predicted molar refractivity (Wildman–Crippen MR) is 140 cm³/mol. The molecular formula is C27H29ClN6O. The van der Waals surface area contributed by atoms with Crippen molar-refractivity contribution < 1.29 is 4.79 Å². The molecule has 1 aliphatic heterocycles. The lowest BCUT2D eigenvalue weighted by Crippen LogP contribution is -2.36. The Labute approximate surface area is 210 Å². The third-order valence-corrected chi connectivity index (χ3v) is 7.43. The Morgan fingerprint density at radius 1 is 1.14 bits per heavy atom. The first-order valence-electron chi connectivity index (χ1n) is 11.7. The number of fused-ring (bicyclic) bond motifs is 1. The Morgan fingerprint density at radius 2 is 1.91 bits per heavy atom. The number of anilines is 1. The number of hydrazone groups is 1. The number of amides is 1. The SMILES string of the molecule is Cc1ccc(CN2CCc3cccc(C(=O)NC4(c5ccc(C(=NN)NN)cc5)CC4)c32)cc1Cl. The monoisotopic (exact) mass is 488 g/mol. The molecule has 5 rings (SSSR count). The molecular weight excluding hydrogens is 460 g/mol. The highest BCUT2D eigenvalue weighted by atomic mass is 35.5. The average molecular weight is 489 g/mol. The van der Waals surface area contributed by atoms with Gasteiger partial charge in [0.05, 0.1) is 16.8 Å². The molecule has 1 saturated carbocycles. The van der Waals surface area contributed by atoms with Crippen molar-refractivity contribution in [3.05, 3.63) is 99.1 Å². The number of nitrogens with one attached hydrogen (secondary N) is 2. The molecule has 1 amide bonds. The Hall–Kier alpha value is -3.55. The number of aryl methyl sites for hydroxylation is 1. The number of nitrogens with zero attached hydrogens (tertiary/aromatic N) is 2. The number of hydrogen-bond acceptors (Lipinski definition) is 5. The number of amidine groups is 1. The van der Waals surface area contributed by atoms with Gasteiger partial charge in [-0.3, -0.25) is 4.79 Å². The number of rotatable bonds is 6. The van der Waals surface area contributed by atoms with Gasteiger partial charge in [0.25, 0.3) is 5.91 Å². The van der Waals surface area contributed by atoms with Gasteiger partial charge in [0.1, 0.15) is 0 Å². The van der Waals surface area contributed by atoms with Crippen molar-refractivity contribution in [1.82, 2.24) is 10.7 Å². The van der Waals surface area contributed by atoms with Crippen molar-refractivity contribution in [3.63, 3.8) is 0 Å². The molecule has 0 spiro atoms. The van der Waals surface area contributed by atoms with Crippen LogP contribution in [-0.4, -0.2) is 18.3 Å². The van der Waals surface area contributed by atoms with Crippen LogP contribution in [0.5, 0.6) is 0 Å². The summed E-state index contributed by atoms with van der Waals surface area (Å²) in [5.41, 5.74) is 9.10. The summed E-state index contributed by atoms with van der Waals surface area (Å²) in [6.07, 6.45) is 2.71. The van der Waals surface area contributed by atoms with Crippen LogP contribution < -0.4 is 27.3 Å². The zero-order valence-electron chi connectivity index (χ0n) is 19.6. The highest BCUT2D eigenvalue weighted by Gasteiger charge is 2.46. The third-order valence-electron chi connectivity index (χ3n) is 7.02. The van der Waals surface area contributed by atoms with Crippen LogP contribution in [0, 0.1) is 6.92 Å². The minimum atomic E-state index is -0.359. The van der Waals surface area contributed by atoms with Crippen molar-refractivity contribution in [1.29, 1.82) is 0 Å². The van der Waals surface area contributed by atoms with Crippen molar-refractivity contribution in [2.75, 3.05) is 11.4 Å². The molecule has 7 nitrogen and oxygen atoms in total. The van der Waals surface area contributed by atoms with E-state index in [2.05, 4.69) is 32.9 Å². The van der Waals surface area contributed by atoms with E-state index >= 15 is 0 Å².